The molecule has 19 heavy (non-hydrogen) atoms. The largest absolute Gasteiger partial charge is 0.464 e. The third-order valence-electron chi connectivity index (χ3n) is 2.39. The second kappa shape index (κ2) is 9.57. The Bertz CT molecular complexity index is 285. The molecule has 3 unspecified atom stereocenters. The van der Waals surface area contributed by atoms with Gasteiger partial charge in [-0.05, 0) is 34.6 Å². The zero-order valence-corrected chi connectivity index (χ0v) is 12.2. The van der Waals surface area contributed by atoms with Gasteiger partial charge in [-0.3, -0.25) is 0 Å². The van der Waals surface area contributed by atoms with E-state index in [4.69, 9.17) is 14.5 Å². The topological polar surface area (TPSA) is 85.9 Å². The zero-order valence-electron chi connectivity index (χ0n) is 12.2. The molecule has 7 heteroatoms. The second-order valence-corrected chi connectivity index (χ2v) is 4.09. The highest BCUT2D eigenvalue weighted by atomic mass is 17.2. The summed E-state index contributed by atoms with van der Waals surface area (Å²) < 4.78 is 4.78. The molecule has 3 atom stereocenters. The molecule has 0 radical (unpaired) electrons. The van der Waals surface area contributed by atoms with Gasteiger partial charge in [-0.1, -0.05) is 0 Å². The molecule has 112 valence electrons. The number of urea groups is 1. The maximum Gasteiger partial charge on any atom is 0.328 e. The summed E-state index contributed by atoms with van der Waals surface area (Å²) in [6.07, 6.45) is -0.302. The van der Waals surface area contributed by atoms with E-state index >= 15 is 0 Å². The lowest BCUT2D eigenvalue weighted by Crippen LogP contribution is -2.50. The Hall–Kier alpha value is -1.34. The van der Waals surface area contributed by atoms with Gasteiger partial charge in [-0.25, -0.2) is 19.4 Å². The molecule has 0 aliphatic rings. The van der Waals surface area contributed by atoms with E-state index < -0.39 is 18.0 Å². The minimum absolute atomic E-state index is 0.263. The summed E-state index contributed by atoms with van der Waals surface area (Å²) in [5.74, 6) is -0.469. The van der Waals surface area contributed by atoms with Crippen molar-refractivity contribution in [3.8, 4) is 0 Å². The first-order valence-electron chi connectivity index (χ1n) is 6.44. The number of carbonyl (C=O) groups excluding carboxylic acids is 2. The third-order valence-corrected chi connectivity index (χ3v) is 2.39. The van der Waals surface area contributed by atoms with Crippen LogP contribution in [0.5, 0.6) is 0 Å². The van der Waals surface area contributed by atoms with Gasteiger partial charge >= 0.3 is 12.0 Å². The van der Waals surface area contributed by atoms with Gasteiger partial charge in [-0.15, -0.1) is 0 Å². The normalized spacial score (nSPS) is 15.2. The molecule has 0 aliphatic carbocycles. The maximum absolute atomic E-state index is 11.6. The van der Waals surface area contributed by atoms with Crippen LogP contribution in [0.2, 0.25) is 0 Å². The fraction of sp³-hybridized carbons (Fsp3) is 0.833. The molecule has 0 aromatic carbocycles. The summed E-state index contributed by atoms with van der Waals surface area (Å²) in [5, 5.41) is 5.14. The first kappa shape index (κ1) is 17.7. The second-order valence-electron chi connectivity index (χ2n) is 4.09. The Morgan fingerprint density at radius 3 is 2.21 bits per heavy atom. The van der Waals surface area contributed by atoms with E-state index in [1.165, 1.54) is 0 Å². The molecule has 0 aromatic heterocycles. The molecule has 0 aromatic rings. The standard InChI is InChI=1S/C12H24N2O5/c1-6-17-11(15)9(4)14-12(16)13-8(3)10(5)19-18-7-2/h8-10H,6-7H2,1-5H3,(H2,13,14,16). The van der Waals surface area contributed by atoms with Gasteiger partial charge in [0.05, 0.1) is 19.3 Å². The lowest BCUT2D eigenvalue weighted by Gasteiger charge is -2.21. The first-order chi connectivity index (χ1) is 8.92. The summed E-state index contributed by atoms with van der Waals surface area (Å²) in [7, 11) is 0. The van der Waals surface area contributed by atoms with Crippen LogP contribution in [-0.4, -0.2) is 43.4 Å². The molecule has 0 saturated carbocycles. The third kappa shape index (κ3) is 7.63. The van der Waals surface area contributed by atoms with E-state index in [0.717, 1.165) is 0 Å². The van der Waals surface area contributed by atoms with Crippen molar-refractivity contribution in [2.24, 2.45) is 0 Å². The minimum Gasteiger partial charge on any atom is -0.464 e. The molecule has 2 N–H and O–H groups in total. The summed E-state index contributed by atoms with van der Waals surface area (Å²) in [4.78, 5) is 32.8. The highest BCUT2D eigenvalue weighted by Crippen LogP contribution is 1.99. The van der Waals surface area contributed by atoms with Crippen LogP contribution in [0.3, 0.4) is 0 Å². The molecule has 0 rings (SSSR count). The van der Waals surface area contributed by atoms with Crippen LogP contribution in [0.4, 0.5) is 4.79 Å². The van der Waals surface area contributed by atoms with E-state index in [1.807, 2.05) is 0 Å². The Morgan fingerprint density at radius 1 is 1.05 bits per heavy atom. The average molecular weight is 276 g/mol. The van der Waals surface area contributed by atoms with Crippen LogP contribution in [0.1, 0.15) is 34.6 Å². The molecular weight excluding hydrogens is 252 g/mol. The van der Waals surface area contributed by atoms with Crippen molar-refractivity contribution in [3.05, 3.63) is 0 Å². The van der Waals surface area contributed by atoms with E-state index in [0.29, 0.717) is 6.61 Å². The molecule has 0 heterocycles. The molecule has 2 amide bonds. The van der Waals surface area contributed by atoms with Crippen molar-refractivity contribution in [3.63, 3.8) is 0 Å². The van der Waals surface area contributed by atoms with E-state index in [1.54, 1.807) is 34.6 Å². The van der Waals surface area contributed by atoms with Crippen LogP contribution in [0.25, 0.3) is 0 Å². The van der Waals surface area contributed by atoms with E-state index in [-0.39, 0.29) is 18.8 Å². The summed E-state index contributed by atoms with van der Waals surface area (Å²) >= 11 is 0. The van der Waals surface area contributed by atoms with Gasteiger partial charge in [0, 0.05) is 0 Å². The van der Waals surface area contributed by atoms with Crippen molar-refractivity contribution in [2.45, 2.75) is 52.8 Å². The van der Waals surface area contributed by atoms with Gasteiger partial charge in [0.2, 0.25) is 0 Å². The maximum atomic E-state index is 11.6. The van der Waals surface area contributed by atoms with Crippen LogP contribution in [0.15, 0.2) is 0 Å². The van der Waals surface area contributed by atoms with Crippen molar-refractivity contribution >= 4 is 12.0 Å². The minimum atomic E-state index is -0.699. The Balaban J connectivity index is 4.05. The fourth-order valence-corrected chi connectivity index (χ4v) is 1.15. The molecule has 0 fully saturated rings. The van der Waals surface area contributed by atoms with Crippen LogP contribution in [-0.2, 0) is 19.3 Å². The number of rotatable bonds is 8. The number of hydrogen-bond acceptors (Lipinski definition) is 5. The average Bonchev–Trinajstić information content (AvgIpc) is 2.35. The molecule has 7 nitrogen and oxygen atoms in total. The molecule has 0 aliphatic heterocycles. The molecule has 0 saturated heterocycles. The highest BCUT2D eigenvalue weighted by molar-refractivity contribution is 5.83. The van der Waals surface area contributed by atoms with Crippen molar-refractivity contribution in [1.82, 2.24) is 10.6 Å². The van der Waals surface area contributed by atoms with Crippen molar-refractivity contribution in [1.29, 1.82) is 0 Å². The monoisotopic (exact) mass is 276 g/mol. The van der Waals surface area contributed by atoms with Gasteiger partial charge in [0.1, 0.15) is 12.1 Å². The predicted molar refractivity (Wildman–Crippen MR) is 69.4 cm³/mol. The SMILES string of the molecule is CCOOC(C)C(C)NC(=O)NC(C)C(=O)OCC. The predicted octanol–water partition coefficient (Wildman–Crippen LogP) is 0.982. The molecule has 0 spiro atoms. The van der Waals surface area contributed by atoms with Gasteiger partial charge in [0.25, 0.3) is 0 Å². The summed E-state index contributed by atoms with van der Waals surface area (Å²) in [5.41, 5.74) is 0. The number of amides is 2. The Morgan fingerprint density at radius 2 is 1.68 bits per heavy atom. The quantitative estimate of drug-likeness (QED) is 0.392. The van der Waals surface area contributed by atoms with E-state index in [9.17, 15) is 9.59 Å². The lowest BCUT2D eigenvalue weighted by atomic mass is 10.2. The number of ether oxygens (including phenoxy) is 1. The van der Waals surface area contributed by atoms with Crippen molar-refractivity contribution < 1.29 is 24.1 Å². The lowest BCUT2D eigenvalue weighted by molar-refractivity contribution is -0.321. The first-order valence-corrected chi connectivity index (χ1v) is 6.44. The van der Waals surface area contributed by atoms with E-state index in [2.05, 4.69) is 10.6 Å². The number of nitrogens with one attached hydrogen (secondary N) is 2. The molecule has 0 bridgehead atoms. The smallest absolute Gasteiger partial charge is 0.328 e. The van der Waals surface area contributed by atoms with Crippen LogP contribution >= 0.6 is 0 Å². The van der Waals surface area contributed by atoms with Crippen LogP contribution in [0, 0.1) is 0 Å². The number of hydrogen-bond donors (Lipinski definition) is 2. The number of esters is 1. The Kier molecular flexibility index (Phi) is 8.90. The van der Waals surface area contributed by atoms with Crippen molar-refractivity contribution in [2.75, 3.05) is 13.2 Å². The van der Waals surface area contributed by atoms with Crippen LogP contribution < -0.4 is 10.6 Å². The van der Waals surface area contributed by atoms with Gasteiger partial charge in [-0.2, -0.15) is 0 Å². The summed E-state index contributed by atoms with van der Waals surface area (Å²) in [6.45, 7) is 9.33. The Labute approximate surface area is 113 Å². The number of carbonyl (C=O) groups is 2. The van der Waals surface area contributed by atoms with Gasteiger partial charge in [0.15, 0.2) is 0 Å². The zero-order chi connectivity index (χ0) is 14.8. The molecular formula is C12H24N2O5. The summed E-state index contributed by atoms with van der Waals surface area (Å²) in [6, 6.07) is -1.42. The highest BCUT2D eigenvalue weighted by Gasteiger charge is 2.20. The fourth-order valence-electron chi connectivity index (χ4n) is 1.15. The van der Waals surface area contributed by atoms with Gasteiger partial charge < -0.3 is 15.4 Å².